The van der Waals surface area contributed by atoms with E-state index in [0.29, 0.717) is 0 Å². The molecule has 0 N–H and O–H groups in total. The standard InChI is InChI=1S/C52H32N2S/c1-2-13-33(14-3-1)36-27-30-46(38-16-5-4-15-37(36)38)53-44-20-9-6-17-39(44)42-31-34(25-28-47(42)53)35-26-29-48-43(32-35)40-18-7-10-21-45(40)54(48)49-22-12-24-51-52(49)41-19-8-11-23-50(41)55-51/h1-32H. The summed E-state index contributed by atoms with van der Waals surface area (Å²) in [6.07, 6.45) is 0. The van der Waals surface area contributed by atoms with Crippen LogP contribution in [0.25, 0.3) is 108 Å². The highest BCUT2D eigenvalue weighted by atomic mass is 32.1. The Morgan fingerprint density at radius 1 is 0.291 bits per heavy atom. The molecular weight excluding hydrogens is 685 g/mol. The Morgan fingerprint density at radius 3 is 1.51 bits per heavy atom. The molecule has 12 rings (SSSR count). The third-order valence-corrected chi connectivity index (χ3v) is 12.7. The Kier molecular flexibility index (Phi) is 6.54. The summed E-state index contributed by atoms with van der Waals surface area (Å²) in [5.41, 5.74) is 12.2. The summed E-state index contributed by atoms with van der Waals surface area (Å²) in [5.74, 6) is 0. The largest absolute Gasteiger partial charge is 0.309 e. The predicted molar refractivity (Wildman–Crippen MR) is 236 cm³/mol. The molecule has 0 fully saturated rings. The van der Waals surface area contributed by atoms with Crippen molar-refractivity contribution in [3.63, 3.8) is 0 Å². The lowest BCUT2D eigenvalue weighted by Gasteiger charge is -2.15. The highest BCUT2D eigenvalue weighted by molar-refractivity contribution is 7.25. The van der Waals surface area contributed by atoms with Gasteiger partial charge in [-0.2, -0.15) is 0 Å². The summed E-state index contributed by atoms with van der Waals surface area (Å²) in [7, 11) is 0. The Labute approximate surface area is 321 Å². The van der Waals surface area contributed by atoms with Gasteiger partial charge in [0, 0.05) is 47.1 Å². The van der Waals surface area contributed by atoms with Crippen molar-refractivity contribution < 1.29 is 0 Å². The molecule has 3 heteroatoms. The number of rotatable bonds is 4. The minimum atomic E-state index is 1.19. The number of thiophene rings is 1. The van der Waals surface area contributed by atoms with Gasteiger partial charge < -0.3 is 9.13 Å². The van der Waals surface area contributed by atoms with E-state index in [-0.39, 0.29) is 0 Å². The summed E-state index contributed by atoms with van der Waals surface area (Å²) in [6.45, 7) is 0. The molecule has 55 heavy (non-hydrogen) atoms. The van der Waals surface area contributed by atoms with Crippen molar-refractivity contribution in [3.05, 3.63) is 194 Å². The van der Waals surface area contributed by atoms with Gasteiger partial charge in [0.25, 0.3) is 0 Å². The highest BCUT2D eigenvalue weighted by Crippen LogP contribution is 2.43. The van der Waals surface area contributed by atoms with Crippen molar-refractivity contribution in [3.8, 4) is 33.6 Å². The smallest absolute Gasteiger partial charge is 0.0555 e. The van der Waals surface area contributed by atoms with Crippen molar-refractivity contribution in [2.75, 3.05) is 0 Å². The molecular formula is C52H32N2S. The van der Waals surface area contributed by atoms with E-state index in [0.717, 1.165) is 0 Å². The maximum Gasteiger partial charge on any atom is 0.0555 e. The summed E-state index contributed by atoms with van der Waals surface area (Å²) in [6, 6.07) is 71.4. The minimum Gasteiger partial charge on any atom is -0.309 e. The molecule has 2 nitrogen and oxygen atoms in total. The molecule has 0 aliphatic rings. The SMILES string of the molecule is c1ccc(-c2ccc(-n3c4ccccc4c4cc(-c5ccc6c(c5)c5ccccc5n6-c5cccc6sc7ccccc7c56)ccc43)c3ccccc23)cc1. The van der Waals surface area contributed by atoms with Gasteiger partial charge in [0.2, 0.25) is 0 Å². The Hall–Kier alpha value is -6.94. The fourth-order valence-corrected chi connectivity index (χ4v) is 10.2. The first-order valence-corrected chi connectivity index (χ1v) is 19.7. The molecule has 0 bridgehead atoms. The van der Waals surface area contributed by atoms with Crippen molar-refractivity contribution in [1.82, 2.24) is 9.13 Å². The lowest BCUT2D eigenvalue weighted by molar-refractivity contribution is 1.20. The number of hydrogen-bond donors (Lipinski definition) is 0. The van der Waals surface area contributed by atoms with Gasteiger partial charge in [0.1, 0.15) is 0 Å². The molecule has 0 aliphatic carbocycles. The van der Waals surface area contributed by atoms with Crippen molar-refractivity contribution in [1.29, 1.82) is 0 Å². The molecule has 0 amide bonds. The molecule has 0 saturated carbocycles. The van der Waals surface area contributed by atoms with Crippen molar-refractivity contribution in [2.24, 2.45) is 0 Å². The third-order valence-electron chi connectivity index (χ3n) is 11.5. The molecule has 0 unspecified atom stereocenters. The van der Waals surface area contributed by atoms with E-state index in [1.165, 1.54) is 108 Å². The van der Waals surface area contributed by atoms with Crippen LogP contribution in [0.15, 0.2) is 194 Å². The van der Waals surface area contributed by atoms with Crippen LogP contribution in [0.3, 0.4) is 0 Å². The van der Waals surface area contributed by atoms with Crippen LogP contribution in [0.5, 0.6) is 0 Å². The van der Waals surface area contributed by atoms with Crippen LogP contribution in [0.2, 0.25) is 0 Å². The lowest BCUT2D eigenvalue weighted by atomic mass is 9.97. The van der Waals surface area contributed by atoms with Gasteiger partial charge in [-0.25, -0.2) is 0 Å². The van der Waals surface area contributed by atoms with E-state index >= 15 is 0 Å². The number of fused-ring (bicyclic) bond motifs is 10. The van der Waals surface area contributed by atoms with Crippen LogP contribution in [-0.2, 0) is 0 Å². The maximum atomic E-state index is 2.47. The van der Waals surface area contributed by atoms with E-state index in [1.54, 1.807) is 0 Å². The molecule has 256 valence electrons. The van der Waals surface area contributed by atoms with Crippen LogP contribution < -0.4 is 0 Å². The zero-order chi connectivity index (χ0) is 36.0. The second-order valence-corrected chi connectivity index (χ2v) is 15.5. The Morgan fingerprint density at radius 2 is 0.818 bits per heavy atom. The van der Waals surface area contributed by atoms with Crippen molar-refractivity contribution >= 4 is 85.9 Å². The van der Waals surface area contributed by atoms with Gasteiger partial charge in [-0.1, -0.05) is 133 Å². The zero-order valence-corrected chi connectivity index (χ0v) is 30.6. The number of para-hydroxylation sites is 2. The molecule has 0 radical (unpaired) electrons. The lowest BCUT2D eigenvalue weighted by Crippen LogP contribution is -1.96. The van der Waals surface area contributed by atoms with Gasteiger partial charge in [0.05, 0.1) is 33.4 Å². The predicted octanol–water partition coefficient (Wildman–Crippen LogP) is 14.7. The summed E-state index contributed by atoms with van der Waals surface area (Å²) >= 11 is 1.87. The van der Waals surface area contributed by atoms with E-state index in [9.17, 15) is 0 Å². The zero-order valence-electron chi connectivity index (χ0n) is 29.8. The van der Waals surface area contributed by atoms with Gasteiger partial charge in [-0.15, -0.1) is 11.3 Å². The second-order valence-electron chi connectivity index (χ2n) is 14.5. The summed E-state index contributed by atoms with van der Waals surface area (Å²) in [5, 5.41) is 10.2. The molecule has 0 spiro atoms. The number of aromatic nitrogens is 2. The van der Waals surface area contributed by atoms with E-state index in [4.69, 9.17) is 0 Å². The quantitative estimate of drug-likeness (QED) is 0.172. The van der Waals surface area contributed by atoms with E-state index in [1.807, 2.05) is 11.3 Å². The first-order chi connectivity index (χ1) is 27.3. The second kappa shape index (κ2) is 11.8. The van der Waals surface area contributed by atoms with E-state index < -0.39 is 0 Å². The molecule has 3 heterocycles. The molecule has 3 aromatic heterocycles. The Balaban J connectivity index is 1.05. The molecule has 0 atom stereocenters. The number of benzene rings is 9. The average molecular weight is 717 g/mol. The monoisotopic (exact) mass is 716 g/mol. The van der Waals surface area contributed by atoms with Gasteiger partial charge in [0.15, 0.2) is 0 Å². The van der Waals surface area contributed by atoms with Crippen molar-refractivity contribution in [2.45, 2.75) is 0 Å². The van der Waals surface area contributed by atoms with Crippen LogP contribution in [0, 0.1) is 0 Å². The topological polar surface area (TPSA) is 9.86 Å². The summed E-state index contributed by atoms with van der Waals surface area (Å²) in [4.78, 5) is 0. The fraction of sp³-hybridized carbons (Fsp3) is 0. The first-order valence-electron chi connectivity index (χ1n) is 18.9. The molecule has 12 aromatic rings. The molecule has 0 saturated heterocycles. The fourth-order valence-electron chi connectivity index (χ4n) is 9.11. The number of nitrogens with zero attached hydrogens (tertiary/aromatic N) is 2. The number of hydrogen-bond acceptors (Lipinski definition) is 1. The van der Waals surface area contributed by atoms with Crippen LogP contribution in [0.4, 0.5) is 0 Å². The highest BCUT2D eigenvalue weighted by Gasteiger charge is 2.19. The van der Waals surface area contributed by atoms with Gasteiger partial charge >= 0.3 is 0 Å². The van der Waals surface area contributed by atoms with Gasteiger partial charge in [-0.3, -0.25) is 0 Å². The third kappa shape index (κ3) is 4.48. The normalized spacial score (nSPS) is 12.0. The molecule has 0 aliphatic heterocycles. The average Bonchev–Trinajstić information content (AvgIpc) is 3.91. The van der Waals surface area contributed by atoms with Gasteiger partial charge in [-0.05, 0) is 88.3 Å². The maximum absolute atomic E-state index is 2.47. The van der Waals surface area contributed by atoms with Crippen LogP contribution in [0.1, 0.15) is 0 Å². The first kappa shape index (κ1) is 30.5. The molecule has 9 aromatic carbocycles. The minimum absolute atomic E-state index is 1.19. The van der Waals surface area contributed by atoms with Crippen LogP contribution in [-0.4, -0.2) is 9.13 Å². The summed E-state index contributed by atoms with van der Waals surface area (Å²) < 4.78 is 7.56. The van der Waals surface area contributed by atoms with Crippen LogP contribution >= 0.6 is 11.3 Å². The van der Waals surface area contributed by atoms with E-state index in [2.05, 4.69) is 203 Å². The Bertz CT molecular complexity index is 3490.